The maximum absolute atomic E-state index is 11.9. The van der Waals surface area contributed by atoms with Gasteiger partial charge in [-0.3, -0.25) is 0 Å². The lowest BCUT2D eigenvalue weighted by atomic mass is 9.41. The molecule has 0 saturated heterocycles. The monoisotopic (exact) mass is 398 g/mol. The molecule has 4 rings (SSSR count). The smallest absolute Gasteiger partial charge is 0.127 e. The minimum Gasteiger partial charge on any atom is -0.393 e. The molecule has 3 saturated carbocycles. The molecule has 0 bridgehead atoms. The molecule has 7 heteroatoms. The zero-order valence-electron chi connectivity index (χ0n) is 16.8. The molecule has 4 aliphatic carbocycles. The first-order valence-corrected chi connectivity index (χ1v) is 10.4. The van der Waals surface area contributed by atoms with E-state index in [0.717, 1.165) is 5.57 Å². The molecule has 0 aromatic carbocycles. The van der Waals surface area contributed by atoms with Gasteiger partial charge in [0.2, 0.25) is 0 Å². The third-order valence-electron chi connectivity index (χ3n) is 9.40. The third-order valence-corrected chi connectivity index (χ3v) is 9.40. The zero-order valence-corrected chi connectivity index (χ0v) is 16.8. The Kier molecular flexibility index (Phi) is 4.28. The van der Waals surface area contributed by atoms with Crippen molar-refractivity contribution < 1.29 is 35.7 Å². The molecular weight excluding hydrogens is 364 g/mol. The average Bonchev–Trinajstić information content (AvgIpc) is 2.85. The third kappa shape index (κ3) is 1.99. The van der Waals surface area contributed by atoms with Crippen LogP contribution in [0.5, 0.6) is 0 Å². The Morgan fingerprint density at radius 2 is 1.68 bits per heavy atom. The summed E-state index contributed by atoms with van der Waals surface area (Å²) in [4.78, 5) is 0. The van der Waals surface area contributed by atoms with Gasteiger partial charge in [0.1, 0.15) is 22.9 Å². The predicted molar refractivity (Wildman–Crippen MR) is 100 cm³/mol. The van der Waals surface area contributed by atoms with Gasteiger partial charge in [0.15, 0.2) is 0 Å². The van der Waals surface area contributed by atoms with E-state index in [1.807, 2.05) is 6.92 Å². The summed E-state index contributed by atoms with van der Waals surface area (Å²) in [6.07, 6.45) is -1.24. The van der Waals surface area contributed by atoms with Crippen molar-refractivity contribution in [1.82, 2.24) is 0 Å². The lowest BCUT2D eigenvalue weighted by Gasteiger charge is -2.68. The maximum atomic E-state index is 11.9. The number of aliphatic hydroxyl groups excluding tert-OH is 4. The Morgan fingerprint density at radius 1 is 1.04 bits per heavy atom. The lowest BCUT2D eigenvalue weighted by Crippen LogP contribution is -2.81. The van der Waals surface area contributed by atoms with Crippen LogP contribution in [0.2, 0.25) is 0 Å². The van der Waals surface area contributed by atoms with Crippen LogP contribution in [0.4, 0.5) is 0 Å². The van der Waals surface area contributed by atoms with Crippen molar-refractivity contribution in [1.29, 1.82) is 0 Å². The van der Waals surface area contributed by atoms with Crippen molar-refractivity contribution in [3.8, 4) is 0 Å². The Bertz CT molecular complexity index is 709. The van der Waals surface area contributed by atoms with Crippen LogP contribution < -0.4 is 0 Å². The molecule has 10 atom stereocenters. The molecule has 0 radical (unpaired) electrons. The molecular formula is C21H34O7. The molecule has 160 valence electrons. The topological polar surface area (TPSA) is 142 Å². The molecule has 10 unspecified atom stereocenters. The van der Waals surface area contributed by atoms with Crippen LogP contribution in [0.25, 0.3) is 0 Å². The number of hydrogen-bond donors (Lipinski definition) is 7. The molecule has 28 heavy (non-hydrogen) atoms. The molecule has 0 aromatic rings. The molecule has 0 heterocycles. The molecule has 3 fully saturated rings. The fraction of sp³-hybridized carbons (Fsp3) is 0.905. The summed E-state index contributed by atoms with van der Waals surface area (Å²) in [5.41, 5.74) is -7.13. The van der Waals surface area contributed by atoms with Gasteiger partial charge < -0.3 is 35.7 Å². The highest BCUT2D eigenvalue weighted by Gasteiger charge is 2.81. The van der Waals surface area contributed by atoms with Crippen LogP contribution in [0, 0.1) is 16.7 Å². The summed E-state index contributed by atoms with van der Waals surface area (Å²) >= 11 is 0. The summed E-state index contributed by atoms with van der Waals surface area (Å²) < 4.78 is 0. The fourth-order valence-electron chi connectivity index (χ4n) is 7.39. The lowest BCUT2D eigenvalue weighted by molar-refractivity contribution is -0.342. The Morgan fingerprint density at radius 3 is 2.29 bits per heavy atom. The molecule has 0 amide bonds. The minimum atomic E-state index is -1.99. The van der Waals surface area contributed by atoms with Gasteiger partial charge in [0, 0.05) is 5.92 Å². The zero-order chi connectivity index (χ0) is 20.9. The van der Waals surface area contributed by atoms with E-state index in [2.05, 4.69) is 0 Å². The van der Waals surface area contributed by atoms with E-state index in [0.29, 0.717) is 19.3 Å². The van der Waals surface area contributed by atoms with E-state index in [1.54, 1.807) is 6.08 Å². The van der Waals surface area contributed by atoms with E-state index in [9.17, 15) is 35.7 Å². The van der Waals surface area contributed by atoms with Gasteiger partial charge in [0.05, 0.1) is 23.7 Å². The largest absolute Gasteiger partial charge is 0.393 e. The van der Waals surface area contributed by atoms with Gasteiger partial charge in [-0.2, -0.15) is 0 Å². The van der Waals surface area contributed by atoms with Crippen LogP contribution in [-0.2, 0) is 0 Å². The number of aliphatic hydroxyl groups is 7. The summed E-state index contributed by atoms with van der Waals surface area (Å²) in [6, 6.07) is 0. The second-order valence-corrected chi connectivity index (χ2v) is 10.2. The minimum absolute atomic E-state index is 0.00246. The molecule has 7 N–H and O–H groups in total. The van der Waals surface area contributed by atoms with Crippen molar-refractivity contribution in [3.63, 3.8) is 0 Å². The number of fused-ring (bicyclic) bond motifs is 5. The second-order valence-electron chi connectivity index (χ2n) is 10.2. The van der Waals surface area contributed by atoms with Crippen molar-refractivity contribution in [3.05, 3.63) is 11.6 Å². The maximum Gasteiger partial charge on any atom is 0.127 e. The predicted octanol–water partition coefficient (Wildman–Crippen LogP) is -0.407. The fourth-order valence-corrected chi connectivity index (χ4v) is 7.39. The normalized spacial score (nSPS) is 59.7. The summed E-state index contributed by atoms with van der Waals surface area (Å²) in [5, 5.41) is 77.7. The van der Waals surface area contributed by atoms with Crippen molar-refractivity contribution in [2.45, 2.75) is 101 Å². The highest BCUT2D eigenvalue weighted by Crippen LogP contribution is 2.70. The molecule has 0 aromatic heterocycles. The van der Waals surface area contributed by atoms with Gasteiger partial charge >= 0.3 is 0 Å². The van der Waals surface area contributed by atoms with Crippen LogP contribution >= 0.6 is 0 Å². The van der Waals surface area contributed by atoms with E-state index in [4.69, 9.17) is 0 Å². The second kappa shape index (κ2) is 5.78. The van der Waals surface area contributed by atoms with E-state index < -0.39 is 58.0 Å². The van der Waals surface area contributed by atoms with Gasteiger partial charge in [0.25, 0.3) is 0 Å². The van der Waals surface area contributed by atoms with Gasteiger partial charge in [-0.1, -0.05) is 25.5 Å². The van der Waals surface area contributed by atoms with E-state index in [1.165, 1.54) is 13.8 Å². The summed E-state index contributed by atoms with van der Waals surface area (Å²) in [7, 11) is 0. The van der Waals surface area contributed by atoms with Gasteiger partial charge in [-0.05, 0) is 50.9 Å². The molecule has 4 aliphatic rings. The number of hydrogen-bond acceptors (Lipinski definition) is 7. The Hall–Kier alpha value is -0.540. The molecule has 0 spiro atoms. The van der Waals surface area contributed by atoms with Gasteiger partial charge in [-0.25, -0.2) is 0 Å². The molecule has 7 nitrogen and oxygen atoms in total. The summed E-state index contributed by atoms with van der Waals surface area (Å²) in [6.45, 7) is 4.88. The summed E-state index contributed by atoms with van der Waals surface area (Å²) in [5.74, 6) is -0.646. The quantitative estimate of drug-likeness (QED) is 0.298. The highest BCUT2D eigenvalue weighted by atomic mass is 16.4. The number of rotatable bonds is 1. The Labute approximate surface area is 165 Å². The van der Waals surface area contributed by atoms with Crippen molar-refractivity contribution in [2.75, 3.05) is 0 Å². The van der Waals surface area contributed by atoms with Crippen molar-refractivity contribution in [2.24, 2.45) is 16.7 Å². The van der Waals surface area contributed by atoms with Crippen LogP contribution in [0.1, 0.15) is 59.3 Å². The van der Waals surface area contributed by atoms with Crippen molar-refractivity contribution >= 4 is 0 Å². The van der Waals surface area contributed by atoms with Crippen LogP contribution in [-0.4, -0.2) is 77.0 Å². The standard InChI is InChI=1S/C21H34O7/c1-11(22)19(26)6-7-20(27)18(19,3)15(24)10-14-17(2)5-4-13(23)8-12(17)9-16(25)21(14,20)28/h9,11,13-16,22-28H,4-8,10H2,1-3H3. The van der Waals surface area contributed by atoms with E-state index >= 15 is 0 Å². The van der Waals surface area contributed by atoms with Crippen LogP contribution in [0.3, 0.4) is 0 Å². The average molecular weight is 398 g/mol. The van der Waals surface area contributed by atoms with E-state index in [-0.39, 0.29) is 19.3 Å². The molecule has 0 aliphatic heterocycles. The highest BCUT2D eigenvalue weighted by molar-refractivity contribution is 5.38. The first-order valence-electron chi connectivity index (χ1n) is 10.4. The van der Waals surface area contributed by atoms with Gasteiger partial charge in [-0.15, -0.1) is 0 Å². The Balaban J connectivity index is 1.91. The SMILES string of the molecule is CC(O)C1(O)CCC2(O)C3(O)C(O)C=C4CC(O)CCC4(C)C3CC(O)C12C. The first kappa shape index (κ1) is 20.7. The first-order chi connectivity index (χ1) is 12.8. The van der Waals surface area contributed by atoms with Crippen LogP contribution in [0.15, 0.2) is 11.6 Å².